The predicted octanol–water partition coefficient (Wildman–Crippen LogP) is 1.54. The Morgan fingerprint density at radius 2 is 1.85 bits per heavy atom. The number of aryl methyl sites for hydroxylation is 1. The summed E-state index contributed by atoms with van der Waals surface area (Å²) in [4.78, 5) is 31.3. The fourth-order valence-electron chi connectivity index (χ4n) is 3.40. The van der Waals surface area contributed by atoms with Gasteiger partial charge in [-0.1, -0.05) is 12.1 Å². The van der Waals surface area contributed by atoms with E-state index in [9.17, 15) is 9.59 Å². The summed E-state index contributed by atoms with van der Waals surface area (Å²) in [5.74, 6) is 0.944. The fraction of sp³-hybridized carbons (Fsp3) is 0.474. The molecule has 2 heterocycles. The maximum absolute atomic E-state index is 12.5. The summed E-state index contributed by atoms with van der Waals surface area (Å²) < 4.78 is 7.06. The molecule has 7 heteroatoms. The average molecular weight is 358 g/mol. The Balaban J connectivity index is 1.56. The minimum Gasteiger partial charge on any atom is -0.495 e. The SMILES string of the molecule is COc1ccccc1N1CCN(C(=O)CCn2c(C)c(C)[nH]c2=O)CC1. The van der Waals surface area contributed by atoms with Crippen molar-refractivity contribution in [2.75, 3.05) is 38.2 Å². The van der Waals surface area contributed by atoms with E-state index in [4.69, 9.17) is 4.74 Å². The number of hydrogen-bond donors (Lipinski definition) is 1. The molecule has 0 radical (unpaired) electrons. The Labute approximate surface area is 153 Å². The molecule has 2 aromatic rings. The van der Waals surface area contributed by atoms with Crippen LogP contribution in [0.2, 0.25) is 0 Å². The van der Waals surface area contributed by atoms with Gasteiger partial charge >= 0.3 is 5.69 Å². The molecule has 1 fully saturated rings. The van der Waals surface area contributed by atoms with Gasteiger partial charge in [0.1, 0.15) is 5.75 Å². The van der Waals surface area contributed by atoms with E-state index in [0.29, 0.717) is 26.1 Å². The zero-order valence-corrected chi connectivity index (χ0v) is 15.6. The molecule has 1 saturated heterocycles. The highest BCUT2D eigenvalue weighted by Crippen LogP contribution is 2.28. The fourth-order valence-corrected chi connectivity index (χ4v) is 3.40. The van der Waals surface area contributed by atoms with E-state index in [0.717, 1.165) is 35.9 Å². The van der Waals surface area contributed by atoms with E-state index in [-0.39, 0.29) is 11.6 Å². The Bertz CT molecular complexity index is 832. The van der Waals surface area contributed by atoms with Gasteiger partial charge in [0.05, 0.1) is 12.8 Å². The number of imidazole rings is 1. The van der Waals surface area contributed by atoms with Gasteiger partial charge in [-0.15, -0.1) is 0 Å². The van der Waals surface area contributed by atoms with E-state index in [1.54, 1.807) is 11.7 Å². The van der Waals surface area contributed by atoms with Gasteiger partial charge in [0.2, 0.25) is 5.91 Å². The lowest BCUT2D eigenvalue weighted by atomic mass is 10.2. The Kier molecular flexibility index (Phi) is 5.35. The molecular weight excluding hydrogens is 332 g/mol. The molecule has 0 saturated carbocycles. The van der Waals surface area contributed by atoms with Crippen molar-refractivity contribution in [1.29, 1.82) is 0 Å². The molecule has 1 aromatic heterocycles. The van der Waals surface area contributed by atoms with Crippen molar-refractivity contribution in [3.8, 4) is 5.75 Å². The summed E-state index contributed by atoms with van der Waals surface area (Å²) in [6.07, 6.45) is 0.340. The largest absolute Gasteiger partial charge is 0.495 e. The number of para-hydroxylation sites is 2. The van der Waals surface area contributed by atoms with Crippen LogP contribution >= 0.6 is 0 Å². The van der Waals surface area contributed by atoms with Crippen LogP contribution in [-0.2, 0) is 11.3 Å². The highest BCUT2D eigenvalue weighted by atomic mass is 16.5. The summed E-state index contributed by atoms with van der Waals surface area (Å²) in [7, 11) is 1.67. The van der Waals surface area contributed by atoms with Crippen molar-refractivity contribution in [3.05, 3.63) is 46.1 Å². The number of ether oxygens (including phenoxy) is 1. The number of aromatic nitrogens is 2. The van der Waals surface area contributed by atoms with E-state index >= 15 is 0 Å². The molecule has 0 spiro atoms. The second kappa shape index (κ2) is 7.68. The molecule has 0 bridgehead atoms. The van der Waals surface area contributed by atoms with E-state index < -0.39 is 0 Å². The monoisotopic (exact) mass is 358 g/mol. The number of benzene rings is 1. The van der Waals surface area contributed by atoms with Crippen LogP contribution in [0.4, 0.5) is 5.69 Å². The normalized spacial score (nSPS) is 14.6. The third-order valence-electron chi connectivity index (χ3n) is 5.09. The lowest BCUT2D eigenvalue weighted by Gasteiger charge is -2.36. The third kappa shape index (κ3) is 3.61. The number of anilines is 1. The molecule has 1 aromatic carbocycles. The Morgan fingerprint density at radius 3 is 2.46 bits per heavy atom. The molecule has 1 aliphatic rings. The Hall–Kier alpha value is -2.70. The smallest absolute Gasteiger partial charge is 0.325 e. The van der Waals surface area contributed by atoms with E-state index in [1.165, 1.54) is 0 Å². The molecule has 0 atom stereocenters. The number of rotatable bonds is 5. The minimum absolute atomic E-state index is 0.0924. The molecule has 1 amide bonds. The van der Waals surface area contributed by atoms with Gasteiger partial charge < -0.3 is 19.5 Å². The van der Waals surface area contributed by atoms with E-state index in [2.05, 4.69) is 9.88 Å². The van der Waals surface area contributed by atoms with Gasteiger partial charge in [-0.3, -0.25) is 9.36 Å². The van der Waals surface area contributed by atoms with Crippen LogP contribution in [0.15, 0.2) is 29.1 Å². The van der Waals surface area contributed by atoms with Gasteiger partial charge in [0.25, 0.3) is 0 Å². The molecular formula is C19H26N4O3. The lowest BCUT2D eigenvalue weighted by Crippen LogP contribution is -2.49. The number of piperazine rings is 1. The van der Waals surface area contributed by atoms with Crippen LogP contribution < -0.4 is 15.3 Å². The zero-order chi connectivity index (χ0) is 18.7. The first-order valence-electron chi connectivity index (χ1n) is 8.93. The molecule has 7 nitrogen and oxygen atoms in total. The minimum atomic E-state index is -0.145. The number of nitrogens with zero attached hydrogens (tertiary/aromatic N) is 3. The molecule has 3 rings (SSSR count). The molecule has 26 heavy (non-hydrogen) atoms. The van der Waals surface area contributed by atoms with Crippen molar-refractivity contribution in [2.45, 2.75) is 26.8 Å². The van der Waals surface area contributed by atoms with Crippen LogP contribution in [0.1, 0.15) is 17.8 Å². The van der Waals surface area contributed by atoms with Gasteiger partial charge in [0, 0.05) is 50.5 Å². The number of methoxy groups -OCH3 is 1. The Morgan fingerprint density at radius 1 is 1.15 bits per heavy atom. The summed E-state index contributed by atoms with van der Waals surface area (Å²) in [5, 5.41) is 0. The number of amides is 1. The number of H-pyrrole nitrogens is 1. The van der Waals surface area contributed by atoms with Crippen LogP contribution in [0.3, 0.4) is 0 Å². The van der Waals surface area contributed by atoms with E-state index in [1.807, 2.05) is 43.0 Å². The van der Waals surface area contributed by atoms with Gasteiger partial charge in [-0.2, -0.15) is 0 Å². The molecule has 140 valence electrons. The zero-order valence-electron chi connectivity index (χ0n) is 15.6. The number of carbonyl (C=O) groups is 1. The maximum atomic E-state index is 12.5. The summed E-state index contributed by atoms with van der Waals surface area (Å²) >= 11 is 0. The molecule has 1 N–H and O–H groups in total. The van der Waals surface area contributed by atoms with Crippen LogP contribution in [0.5, 0.6) is 5.75 Å². The number of aromatic amines is 1. The molecule has 0 aliphatic carbocycles. The predicted molar refractivity (Wildman–Crippen MR) is 101 cm³/mol. The summed E-state index contributed by atoms with van der Waals surface area (Å²) in [5.41, 5.74) is 2.66. The first-order valence-corrected chi connectivity index (χ1v) is 8.93. The van der Waals surface area contributed by atoms with Crippen molar-refractivity contribution in [3.63, 3.8) is 0 Å². The number of nitrogens with one attached hydrogen (secondary N) is 1. The molecule has 1 aliphatic heterocycles. The van der Waals surface area contributed by atoms with Crippen LogP contribution in [0.25, 0.3) is 0 Å². The first kappa shape index (κ1) is 18.1. The number of hydrogen-bond acceptors (Lipinski definition) is 4. The van der Waals surface area contributed by atoms with Crippen LogP contribution in [0, 0.1) is 13.8 Å². The summed E-state index contributed by atoms with van der Waals surface area (Å²) in [6, 6.07) is 7.94. The first-order chi connectivity index (χ1) is 12.5. The summed E-state index contributed by atoms with van der Waals surface area (Å²) in [6.45, 7) is 7.08. The molecule has 0 unspecified atom stereocenters. The third-order valence-corrected chi connectivity index (χ3v) is 5.09. The second-order valence-electron chi connectivity index (χ2n) is 6.58. The van der Waals surface area contributed by atoms with Crippen molar-refractivity contribution in [2.24, 2.45) is 0 Å². The number of carbonyl (C=O) groups excluding carboxylic acids is 1. The lowest BCUT2D eigenvalue weighted by molar-refractivity contribution is -0.131. The maximum Gasteiger partial charge on any atom is 0.325 e. The van der Waals surface area contributed by atoms with Crippen molar-refractivity contribution >= 4 is 11.6 Å². The van der Waals surface area contributed by atoms with Crippen LogP contribution in [-0.4, -0.2) is 53.6 Å². The second-order valence-corrected chi connectivity index (χ2v) is 6.58. The quantitative estimate of drug-likeness (QED) is 0.880. The van der Waals surface area contributed by atoms with Gasteiger partial charge in [0.15, 0.2) is 0 Å². The van der Waals surface area contributed by atoms with Gasteiger partial charge in [-0.05, 0) is 26.0 Å². The average Bonchev–Trinajstić information content (AvgIpc) is 2.91. The standard InChI is InChI=1S/C19H26N4O3/c1-14-15(2)23(19(25)20-14)9-8-18(24)22-12-10-21(11-13-22)16-6-4-5-7-17(16)26-3/h4-7H,8-13H2,1-3H3,(H,20,25). The van der Waals surface area contributed by atoms with Crippen molar-refractivity contribution in [1.82, 2.24) is 14.5 Å². The topological polar surface area (TPSA) is 70.6 Å². The van der Waals surface area contributed by atoms with Crippen molar-refractivity contribution < 1.29 is 9.53 Å². The highest BCUT2D eigenvalue weighted by Gasteiger charge is 2.23. The van der Waals surface area contributed by atoms with Gasteiger partial charge in [-0.25, -0.2) is 4.79 Å². The highest BCUT2D eigenvalue weighted by molar-refractivity contribution is 5.76.